The van der Waals surface area contributed by atoms with Crippen LogP contribution in [0.25, 0.3) is 10.4 Å². The van der Waals surface area contributed by atoms with Crippen LogP contribution in [-0.2, 0) is 0 Å². The number of rotatable bonds is 5. The van der Waals surface area contributed by atoms with Gasteiger partial charge in [-0.2, -0.15) is 0 Å². The average Bonchev–Trinajstić information content (AvgIpc) is 1.90. The largest absolute Gasteiger partial charge is 0.330 e. The molecule has 0 aliphatic carbocycles. The molecule has 0 radical (unpaired) electrons. The Morgan fingerprint density at radius 2 is 2.30 bits per heavy atom. The number of nitrogens with two attached hydrogens (primary N) is 1. The smallest absolute Gasteiger partial charge is 0.0386 e. The van der Waals surface area contributed by atoms with Crippen LogP contribution in [0, 0.1) is 0 Å². The molecule has 4 nitrogen and oxygen atoms in total. The first-order chi connectivity index (χ1) is 4.85. The second-order valence-corrected chi connectivity index (χ2v) is 2.22. The number of hydrogen-bond acceptors (Lipinski definition) is 2. The standard InChI is InChI=1S/C6H14N4/c1-2-3-6(4-5-7)9-10-8/h6H,2-5,7H2,1H3. The third kappa shape index (κ3) is 4.18. The maximum absolute atomic E-state index is 8.11. The Balaban J connectivity index is 3.60. The molecule has 0 aromatic carbocycles. The lowest BCUT2D eigenvalue weighted by atomic mass is 10.1. The van der Waals surface area contributed by atoms with Crippen molar-refractivity contribution in [2.75, 3.05) is 6.54 Å². The lowest BCUT2D eigenvalue weighted by molar-refractivity contribution is 0.565. The lowest BCUT2D eigenvalue weighted by Crippen LogP contribution is -2.10. The van der Waals surface area contributed by atoms with E-state index in [1.165, 1.54) is 0 Å². The van der Waals surface area contributed by atoms with Gasteiger partial charge < -0.3 is 5.73 Å². The highest BCUT2D eigenvalue weighted by Gasteiger charge is 2.01. The van der Waals surface area contributed by atoms with Gasteiger partial charge in [-0.1, -0.05) is 18.5 Å². The van der Waals surface area contributed by atoms with Crippen molar-refractivity contribution in [1.29, 1.82) is 0 Å². The van der Waals surface area contributed by atoms with Crippen LogP contribution < -0.4 is 5.73 Å². The molecule has 0 aromatic heterocycles. The molecule has 2 N–H and O–H groups in total. The van der Waals surface area contributed by atoms with Crippen LogP contribution >= 0.6 is 0 Å². The molecule has 0 heterocycles. The minimum Gasteiger partial charge on any atom is -0.330 e. The van der Waals surface area contributed by atoms with Crippen LogP contribution in [0.2, 0.25) is 0 Å². The van der Waals surface area contributed by atoms with E-state index < -0.39 is 0 Å². The van der Waals surface area contributed by atoms with E-state index >= 15 is 0 Å². The Morgan fingerprint density at radius 3 is 2.70 bits per heavy atom. The van der Waals surface area contributed by atoms with Gasteiger partial charge in [0.2, 0.25) is 0 Å². The van der Waals surface area contributed by atoms with E-state index in [0.29, 0.717) is 6.54 Å². The Labute approximate surface area is 61.0 Å². The van der Waals surface area contributed by atoms with Crippen LogP contribution in [0.1, 0.15) is 26.2 Å². The molecule has 1 unspecified atom stereocenters. The van der Waals surface area contributed by atoms with Gasteiger partial charge in [0.15, 0.2) is 0 Å². The molecule has 0 bridgehead atoms. The summed E-state index contributed by atoms with van der Waals surface area (Å²) in [6.07, 6.45) is 2.79. The van der Waals surface area contributed by atoms with E-state index in [0.717, 1.165) is 19.3 Å². The quantitative estimate of drug-likeness (QED) is 0.355. The topological polar surface area (TPSA) is 74.8 Å². The van der Waals surface area contributed by atoms with Crippen LogP contribution in [0.15, 0.2) is 5.11 Å². The molecule has 0 spiro atoms. The molecule has 0 aliphatic rings. The molecule has 0 fully saturated rings. The van der Waals surface area contributed by atoms with Gasteiger partial charge in [-0.3, -0.25) is 0 Å². The van der Waals surface area contributed by atoms with Crippen molar-refractivity contribution in [2.45, 2.75) is 32.2 Å². The molecule has 1 atom stereocenters. The Kier molecular flexibility index (Phi) is 5.92. The van der Waals surface area contributed by atoms with Gasteiger partial charge in [0, 0.05) is 11.0 Å². The fourth-order valence-electron chi connectivity index (χ4n) is 0.858. The Morgan fingerprint density at radius 1 is 1.60 bits per heavy atom. The maximum atomic E-state index is 8.11. The normalized spacial score (nSPS) is 12.2. The van der Waals surface area contributed by atoms with Crippen molar-refractivity contribution >= 4 is 0 Å². The second kappa shape index (κ2) is 6.39. The van der Waals surface area contributed by atoms with Crippen molar-refractivity contribution in [2.24, 2.45) is 10.8 Å². The summed E-state index contributed by atoms with van der Waals surface area (Å²) in [7, 11) is 0. The minimum absolute atomic E-state index is 0.111. The molecular weight excluding hydrogens is 128 g/mol. The highest BCUT2D eigenvalue weighted by molar-refractivity contribution is 4.66. The van der Waals surface area contributed by atoms with E-state index in [-0.39, 0.29) is 6.04 Å². The molecule has 0 aliphatic heterocycles. The summed E-state index contributed by atoms with van der Waals surface area (Å²) < 4.78 is 0. The Hall–Kier alpha value is -0.730. The van der Waals surface area contributed by atoms with Gasteiger partial charge in [0.05, 0.1) is 0 Å². The summed E-state index contributed by atoms with van der Waals surface area (Å²) in [4.78, 5) is 2.74. The highest BCUT2D eigenvalue weighted by Crippen LogP contribution is 2.04. The van der Waals surface area contributed by atoms with Crippen molar-refractivity contribution in [3.63, 3.8) is 0 Å². The van der Waals surface area contributed by atoms with Crippen molar-refractivity contribution in [3.05, 3.63) is 10.4 Å². The van der Waals surface area contributed by atoms with Crippen molar-refractivity contribution in [3.8, 4) is 0 Å². The fraction of sp³-hybridized carbons (Fsp3) is 1.00. The predicted octanol–water partition coefficient (Wildman–Crippen LogP) is 1.81. The van der Waals surface area contributed by atoms with Gasteiger partial charge in [-0.05, 0) is 24.9 Å². The monoisotopic (exact) mass is 142 g/mol. The van der Waals surface area contributed by atoms with Crippen LogP contribution in [0.5, 0.6) is 0 Å². The zero-order valence-corrected chi connectivity index (χ0v) is 6.32. The number of hydrogen-bond donors (Lipinski definition) is 1. The zero-order chi connectivity index (χ0) is 7.82. The first-order valence-corrected chi connectivity index (χ1v) is 3.59. The van der Waals surface area contributed by atoms with E-state index in [2.05, 4.69) is 16.9 Å². The summed E-state index contributed by atoms with van der Waals surface area (Å²) in [5, 5.41) is 3.60. The van der Waals surface area contributed by atoms with E-state index in [1.807, 2.05) is 0 Å². The first kappa shape index (κ1) is 9.27. The van der Waals surface area contributed by atoms with Gasteiger partial charge in [-0.25, -0.2) is 0 Å². The molecule has 0 aromatic rings. The fourth-order valence-corrected chi connectivity index (χ4v) is 0.858. The van der Waals surface area contributed by atoms with Crippen LogP contribution in [0.3, 0.4) is 0 Å². The summed E-state index contributed by atoms with van der Waals surface area (Å²) in [6.45, 7) is 2.67. The lowest BCUT2D eigenvalue weighted by Gasteiger charge is -2.05. The van der Waals surface area contributed by atoms with Crippen LogP contribution in [-0.4, -0.2) is 12.6 Å². The highest BCUT2D eigenvalue weighted by atomic mass is 15.1. The number of azide groups is 1. The average molecular weight is 142 g/mol. The molecule has 0 rings (SSSR count). The van der Waals surface area contributed by atoms with Crippen molar-refractivity contribution < 1.29 is 0 Å². The molecule has 0 amide bonds. The van der Waals surface area contributed by atoms with Gasteiger partial charge in [-0.15, -0.1) is 0 Å². The molecule has 4 heteroatoms. The third-order valence-corrected chi connectivity index (χ3v) is 1.34. The van der Waals surface area contributed by atoms with Gasteiger partial charge in [0.25, 0.3) is 0 Å². The van der Waals surface area contributed by atoms with E-state index in [4.69, 9.17) is 11.3 Å². The molecule has 10 heavy (non-hydrogen) atoms. The van der Waals surface area contributed by atoms with E-state index in [1.54, 1.807) is 0 Å². The molecule has 0 saturated heterocycles. The number of nitrogens with zero attached hydrogens (tertiary/aromatic N) is 3. The van der Waals surface area contributed by atoms with Gasteiger partial charge in [0.1, 0.15) is 0 Å². The van der Waals surface area contributed by atoms with Crippen LogP contribution in [0.4, 0.5) is 0 Å². The third-order valence-electron chi connectivity index (χ3n) is 1.34. The molecule has 0 saturated carbocycles. The van der Waals surface area contributed by atoms with E-state index in [9.17, 15) is 0 Å². The SMILES string of the molecule is CCCC(CCN)N=[N+]=[N-]. The van der Waals surface area contributed by atoms with Crippen molar-refractivity contribution in [1.82, 2.24) is 0 Å². The zero-order valence-electron chi connectivity index (χ0n) is 6.32. The first-order valence-electron chi connectivity index (χ1n) is 3.59. The molecule has 58 valence electrons. The molecular formula is C6H14N4. The maximum Gasteiger partial charge on any atom is 0.0386 e. The summed E-state index contributed by atoms with van der Waals surface area (Å²) >= 11 is 0. The summed E-state index contributed by atoms with van der Waals surface area (Å²) in [5.41, 5.74) is 13.4. The second-order valence-electron chi connectivity index (χ2n) is 2.22. The predicted molar refractivity (Wildman–Crippen MR) is 41.5 cm³/mol. The Bertz CT molecular complexity index is 111. The summed E-state index contributed by atoms with van der Waals surface area (Å²) in [6, 6.07) is 0.111. The summed E-state index contributed by atoms with van der Waals surface area (Å²) in [5.74, 6) is 0. The van der Waals surface area contributed by atoms with Gasteiger partial charge >= 0.3 is 0 Å². The minimum atomic E-state index is 0.111.